The maximum absolute atomic E-state index is 3.98. The Kier molecular flexibility index (Phi) is 4.49. The molecule has 21 heavy (non-hydrogen) atoms. The van der Waals surface area contributed by atoms with E-state index in [1.807, 2.05) is 0 Å². The van der Waals surface area contributed by atoms with Crippen molar-refractivity contribution in [1.82, 2.24) is 0 Å². The molecule has 110 valence electrons. The van der Waals surface area contributed by atoms with Crippen molar-refractivity contribution in [3.05, 3.63) is 71.3 Å². The SMILES string of the molecule is CCCCc1ccc(C(Br)C2(c3ccccc3)CC2)cc1. The minimum Gasteiger partial charge on any atom is -0.0829 e. The Balaban J connectivity index is 1.77. The van der Waals surface area contributed by atoms with Crippen LogP contribution in [0.15, 0.2) is 54.6 Å². The average Bonchev–Trinajstić information content (AvgIpc) is 3.35. The van der Waals surface area contributed by atoms with Crippen LogP contribution in [0, 0.1) is 0 Å². The lowest BCUT2D eigenvalue weighted by Crippen LogP contribution is -2.13. The molecule has 2 aromatic rings. The van der Waals surface area contributed by atoms with E-state index < -0.39 is 0 Å². The van der Waals surface area contributed by atoms with Crippen LogP contribution in [-0.2, 0) is 11.8 Å². The molecule has 1 unspecified atom stereocenters. The molecule has 1 heteroatoms. The highest BCUT2D eigenvalue weighted by atomic mass is 79.9. The van der Waals surface area contributed by atoms with Crippen molar-refractivity contribution in [2.75, 3.05) is 0 Å². The monoisotopic (exact) mass is 342 g/mol. The molecule has 3 rings (SSSR count). The maximum atomic E-state index is 3.98. The summed E-state index contributed by atoms with van der Waals surface area (Å²) in [5.41, 5.74) is 4.66. The Morgan fingerprint density at radius 3 is 2.24 bits per heavy atom. The fourth-order valence-electron chi connectivity index (χ4n) is 3.15. The van der Waals surface area contributed by atoms with Crippen LogP contribution in [0.25, 0.3) is 0 Å². The van der Waals surface area contributed by atoms with Gasteiger partial charge in [-0.2, -0.15) is 0 Å². The first kappa shape index (κ1) is 14.8. The summed E-state index contributed by atoms with van der Waals surface area (Å²) in [4.78, 5) is 0.424. The molecular weight excluding hydrogens is 320 g/mol. The zero-order valence-corrected chi connectivity index (χ0v) is 14.3. The number of rotatable bonds is 6. The summed E-state index contributed by atoms with van der Waals surface area (Å²) in [6.45, 7) is 2.25. The zero-order valence-electron chi connectivity index (χ0n) is 12.7. The van der Waals surface area contributed by atoms with E-state index in [4.69, 9.17) is 0 Å². The van der Waals surface area contributed by atoms with Gasteiger partial charge in [-0.25, -0.2) is 0 Å². The summed E-state index contributed by atoms with van der Waals surface area (Å²) in [5, 5.41) is 0. The van der Waals surface area contributed by atoms with E-state index in [0.717, 1.165) is 0 Å². The second-order valence-corrected chi connectivity index (χ2v) is 7.15. The van der Waals surface area contributed by atoms with Gasteiger partial charge in [0, 0.05) is 10.2 Å². The molecule has 0 aliphatic heterocycles. The molecule has 0 radical (unpaired) electrons. The fourth-order valence-corrected chi connectivity index (χ4v) is 4.17. The Hall–Kier alpha value is -1.08. The maximum Gasteiger partial charge on any atom is 0.0491 e. The van der Waals surface area contributed by atoms with Crippen LogP contribution in [0.5, 0.6) is 0 Å². The van der Waals surface area contributed by atoms with Gasteiger partial charge in [0.05, 0.1) is 0 Å². The Morgan fingerprint density at radius 2 is 1.67 bits per heavy atom. The van der Waals surface area contributed by atoms with E-state index >= 15 is 0 Å². The van der Waals surface area contributed by atoms with Crippen LogP contribution in [0.4, 0.5) is 0 Å². The number of benzene rings is 2. The molecule has 1 saturated carbocycles. The first-order chi connectivity index (χ1) is 10.3. The lowest BCUT2D eigenvalue weighted by Gasteiger charge is -2.23. The third kappa shape index (κ3) is 3.08. The molecule has 0 amide bonds. The van der Waals surface area contributed by atoms with Crippen LogP contribution in [-0.4, -0.2) is 0 Å². The predicted molar refractivity (Wildman–Crippen MR) is 94.1 cm³/mol. The lowest BCUT2D eigenvalue weighted by molar-refractivity contribution is 0.680. The van der Waals surface area contributed by atoms with E-state index in [2.05, 4.69) is 77.5 Å². The highest BCUT2D eigenvalue weighted by molar-refractivity contribution is 9.09. The quantitative estimate of drug-likeness (QED) is 0.548. The van der Waals surface area contributed by atoms with Gasteiger partial charge in [-0.3, -0.25) is 0 Å². The third-order valence-electron chi connectivity index (χ3n) is 4.71. The summed E-state index contributed by atoms with van der Waals surface area (Å²) in [5.74, 6) is 0. The van der Waals surface area contributed by atoms with E-state index in [-0.39, 0.29) is 0 Å². The number of halogens is 1. The van der Waals surface area contributed by atoms with Crippen LogP contribution >= 0.6 is 15.9 Å². The summed E-state index contributed by atoms with van der Waals surface area (Å²) in [7, 11) is 0. The van der Waals surface area contributed by atoms with Crippen LogP contribution in [0.2, 0.25) is 0 Å². The van der Waals surface area contributed by atoms with Gasteiger partial charge in [0.2, 0.25) is 0 Å². The second-order valence-electron chi connectivity index (χ2n) is 6.23. The minimum atomic E-state index is 0.312. The van der Waals surface area contributed by atoms with Gasteiger partial charge in [-0.1, -0.05) is 83.9 Å². The fraction of sp³-hybridized carbons (Fsp3) is 0.400. The molecule has 0 bridgehead atoms. The van der Waals surface area contributed by atoms with Crippen LogP contribution in [0.1, 0.15) is 54.1 Å². The molecule has 0 nitrogen and oxygen atoms in total. The van der Waals surface area contributed by atoms with Crippen molar-refractivity contribution in [2.24, 2.45) is 0 Å². The second kappa shape index (κ2) is 6.36. The molecule has 1 atom stereocenters. The molecule has 1 fully saturated rings. The summed E-state index contributed by atoms with van der Waals surface area (Å²) < 4.78 is 0. The van der Waals surface area contributed by atoms with Gasteiger partial charge in [0.25, 0.3) is 0 Å². The highest BCUT2D eigenvalue weighted by Crippen LogP contribution is 2.59. The van der Waals surface area contributed by atoms with Crippen molar-refractivity contribution < 1.29 is 0 Å². The summed E-state index contributed by atoms with van der Waals surface area (Å²) in [6.07, 6.45) is 6.31. The minimum absolute atomic E-state index is 0.312. The van der Waals surface area contributed by atoms with E-state index in [0.29, 0.717) is 10.2 Å². The molecule has 0 N–H and O–H groups in total. The highest BCUT2D eigenvalue weighted by Gasteiger charge is 2.50. The van der Waals surface area contributed by atoms with Crippen molar-refractivity contribution in [3.8, 4) is 0 Å². The van der Waals surface area contributed by atoms with Gasteiger partial charge in [0.15, 0.2) is 0 Å². The van der Waals surface area contributed by atoms with Crippen molar-refractivity contribution in [3.63, 3.8) is 0 Å². The van der Waals surface area contributed by atoms with Crippen LogP contribution < -0.4 is 0 Å². The van der Waals surface area contributed by atoms with E-state index in [1.165, 1.54) is 48.8 Å². The zero-order chi connectivity index (χ0) is 14.7. The van der Waals surface area contributed by atoms with E-state index in [9.17, 15) is 0 Å². The summed E-state index contributed by atoms with van der Waals surface area (Å²) >= 11 is 3.98. The third-order valence-corrected chi connectivity index (χ3v) is 6.12. The van der Waals surface area contributed by atoms with Crippen molar-refractivity contribution in [2.45, 2.75) is 49.3 Å². The number of alkyl halides is 1. The smallest absolute Gasteiger partial charge is 0.0491 e. The Bertz CT molecular complexity index is 567. The first-order valence-electron chi connectivity index (χ1n) is 8.05. The average molecular weight is 343 g/mol. The summed E-state index contributed by atoms with van der Waals surface area (Å²) in [6, 6.07) is 20.2. The normalized spacial score (nSPS) is 17.4. The standard InChI is InChI=1S/C20H23Br/c1-2-3-7-16-10-12-17(13-11-16)19(21)20(14-15-20)18-8-5-4-6-9-18/h4-6,8-13,19H,2-3,7,14-15H2,1H3. The van der Waals surface area contributed by atoms with Gasteiger partial charge in [-0.15, -0.1) is 0 Å². The number of hydrogen-bond donors (Lipinski definition) is 0. The Morgan fingerprint density at radius 1 is 1.00 bits per heavy atom. The lowest BCUT2D eigenvalue weighted by atomic mass is 9.88. The van der Waals surface area contributed by atoms with Crippen LogP contribution in [0.3, 0.4) is 0 Å². The first-order valence-corrected chi connectivity index (χ1v) is 8.96. The Labute approximate surface area is 136 Å². The number of aryl methyl sites for hydroxylation is 1. The topological polar surface area (TPSA) is 0 Å². The molecule has 0 aromatic heterocycles. The molecular formula is C20H23Br. The largest absolute Gasteiger partial charge is 0.0829 e. The number of unbranched alkanes of at least 4 members (excludes halogenated alkanes) is 1. The van der Waals surface area contributed by atoms with Gasteiger partial charge < -0.3 is 0 Å². The number of hydrogen-bond acceptors (Lipinski definition) is 0. The van der Waals surface area contributed by atoms with Crippen molar-refractivity contribution in [1.29, 1.82) is 0 Å². The van der Waals surface area contributed by atoms with Gasteiger partial charge in [-0.05, 0) is 42.4 Å². The van der Waals surface area contributed by atoms with E-state index in [1.54, 1.807) is 0 Å². The molecule has 1 aliphatic rings. The molecule has 0 heterocycles. The predicted octanol–water partition coefficient (Wildman–Crippen LogP) is 6.20. The molecule has 0 spiro atoms. The molecule has 1 aliphatic carbocycles. The van der Waals surface area contributed by atoms with Crippen molar-refractivity contribution >= 4 is 15.9 Å². The van der Waals surface area contributed by atoms with Gasteiger partial charge in [0.1, 0.15) is 0 Å². The molecule has 0 saturated heterocycles. The molecule has 2 aromatic carbocycles. The van der Waals surface area contributed by atoms with Gasteiger partial charge >= 0.3 is 0 Å².